The summed E-state index contributed by atoms with van der Waals surface area (Å²) in [5.41, 5.74) is 0. The molecule has 0 aliphatic heterocycles. The smallest absolute Gasteiger partial charge is 0.303 e. The molecule has 17 heavy (non-hydrogen) atoms. The van der Waals surface area contributed by atoms with E-state index in [0.29, 0.717) is 5.92 Å². The largest absolute Gasteiger partial charge is 0.481 e. The first-order chi connectivity index (χ1) is 7.89. The van der Waals surface area contributed by atoms with Crippen molar-refractivity contribution in [1.82, 2.24) is 4.72 Å². The van der Waals surface area contributed by atoms with Gasteiger partial charge >= 0.3 is 5.97 Å². The maximum Gasteiger partial charge on any atom is 0.303 e. The van der Waals surface area contributed by atoms with Crippen LogP contribution in [0.4, 0.5) is 0 Å². The molecule has 1 aliphatic carbocycles. The maximum atomic E-state index is 11.7. The molecule has 0 aromatic rings. The lowest BCUT2D eigenvalue weighted by Gasteiger charge is -2.26. The van der Waals surface area contributed by atoms with E-state index in [9.17, 15) is 13.2 Å². The molecule has 0 spiro atoms. The summed E-state index contributed by atoms with van der Waals surface area (Å²) in [6.45, 7) is 2.18. The van der Waals surface area contributed by atoms with Gasteiger partial charge in [-0.1, -0.05) is 6.92 Å². The molecule has 1 aliphatic rings. The fraction of sp³-hybridized carbons (Fsp3) is 0.909. The summed E-state index contributed by atoms with van der Waals surface area (Å²) in [7, 11) is -3.31. The number of carbonyl (C=O) groups is 1. The molecule has 1 fully saturated rings. The normalized spacial score (nSPS) is 25.7. The minimum Gasteiger partial charge on any atom is -0.481 e. The summed E-state index contributed by atoms with van der Waals surface area (Å²) >= 11 is 0. The lowest BCUT2D eigenvalue weighted by molar-refractivity contribution is -0.137. The van der Waals surface area contributed by atoms with E-state index in [1.165, 1.54) is 0 Å². The summed E-state index contributed by atoms with van der Waals surface area (Å²) in [6.07, 6.45) is 3.97. The molecule has 0 saturated heterocycles. The van der Waals surface area contributed by atoms with Crippen molar-refractivity contribution in [2.45, 2.75) is 51.5 Å². The van der Waals surface area contributed by atoms with Crippen molar-refractivity contribution in [3.8, 4) is 0 Å². The topological polar surface area (TPSA) is 83.5 Å². The van der Waals surface area contributed by atoms with E-state index in [2.05, 4.69) is 11.6 Å². The molecular weight excluding hydrogens is 242 g/mol. The van der Waals surface area contributed by atoms with E-state index >= 15 is 0 Å². The predicted octanol–water partition coefficient (Wildman–Crippen LogP) is 1.35. The summed E-state index contributed by atoms with van der Waals surface area (Å²) in [4.78, 5) is 10.3. The molecule has 1 rings (SSSR count). The predicted molar refractivity (Wildman–Crippen MR) is 65.2 cm³/mol. The highest BCUT2D eigenvalue weighted by Crippen LogP contribution is 2.23. The molecule has 5 nitrogen and oxygen atoms in total. The van der Waals surface area contributed by atoms with Gasteiger partial charge in [-0.2, -0.15) is 0 Å². The molecule has 1 saturated carbocycles. The highest BCUT2D eigenvalue weighted by Gasteiger charge is 2.22. The van der Waals surface area contributed by atoms with Crippen LogP contribution in [0.3, 0.4) is 0 Å². The Labute approximate surface area is 103 Å². The van der Waals surface area contributed by atoms with Gasteiger partial charge in [-0.3, -0.25) is 4.79 Å². The fourth-order valence-electron chi connectivity index (χ4n) is 2.10. The molecule has 0 atom stereocenters. The third kappa shape index (κ3) is 6.02. The lowest BCUT2D eigenvalue weighted by Crippen LogP contribution is -2.38. The Balaban J connectivity index is 2.31. The van der Waals surface area contributed by atoms with Gasteiger partial charge in [0.1, 0.15) is 0 Å². The van der Waals surface area contributed by atoms with Gasteiger partial charge in [0, 0.05) is 12.5 Å². The standard InChI is InChI=1S/C11H21NO4S/c1-9-4-6-10(7-5-9)12-17(15,16)8-2-3-11(13)14/h9-10,12H,2-8H2,1H3,(H,13,14). The SMILES string of the molecule is CC1CCC(NS(=O)(=O)CCCC(=O)O)CC1. The Morgan fingerprint density at radius 1 is 1.29 bits per heavy atom. The molecule has 100 valence electrons. The van der Waals surface area contributed by atoms with Gasteiger partial charge in [0.05, 0.1) is 5.75 Å². The first-order valence-electron chi connectivity index (χ1n) is 6.11. The highest BCUT2D eigenvalue weighted by atomic mass is 32.2. The Bertz CT molecular complexity index is 344. The van der Waals surface area contributed by atoms with Gasteiger partial charge in [-0.15, -0.1) is 0 Å². The first kappa shape index (κ1) is 14.4. The molecule has 0 heterocycles. The summed E-state index contributed by atoms with van der Waals surface area (Å²) in [6, 6.07) is 0.0426. The van der Waals surface area contributed by atoms with Crippen molar-refractivity contribution in [1.29, 1.82) is 0 Å². The van der Waals surface area contributed by atoms with Crippen molar-refractivity contribution in [2.75, 3.05) is 5.75 Å². The van der Waals surface area contributed by atoms with Gasteiger partial charge < -0.3 is 5.11 Å². The average Bonchev–Trinajstić information content (AvgIpc) is 2.20. The van der Waals surface area contributed by atoms with Crippen LogP contribution in [0.15, 0.2) is 0 Å². The van der Waals surface area contributed by atoms with Crippen LogP contribution >= 0.6 is 0 Å². The van der Waals surface area contributed by atoms with Crippen LogP contribution in [0.25, 0.3) is 0 Å². The molecular formula is C11H21NO4S. The van der Waals surface area contributed by atoms with E-state index in [1.54, 1.807) is 0 Å². The second-order valence-electron chi connectivity index (χ2n) is 4.89. The van der Waals surface area contributed by atoms with Crippen molar-refractivity contribution >= 4 is 16.0 Å². The second kappa shape index (κ2) is 6.35. The molecule has 0 aromatic carbocycles. The zero-order valence-corrected chi connectivity index (χ0v) is 11.0. The number of aliphatic carboxylic acids is 1. The summed E-state index contributed by atoms with van der Waals surface area (Å²) < 4.78 is 26.0. The zero-order valence-electron chi connectivity index (χ0n) is 10.2. The van der Waals surface area contributed by atoms with Gasteiger partial charge in [-0.25, -0.2) is 13.1 Å². The number of carboxylic acid groups (broad SMARTS) is 1. The monoisotopic (exact) mass is 263 g/mol. The average molecular weight is 263 g/mol. The van der Waals surface area contributed by atoms with Crippen molar-refractivity contribution in [3.63, 3.8) is 0 Å². The third-order valence-corrected chi connectivity index (χ3v) is 4.68. The van der Waals surface area contributed by atoms with E-state index < -0.39 is 16.0 Å². The highest BCUT2D eigenvalue weighted by molar-refractivity contribution is 7.89. The minimum atomic E-state index is -3.31. The number of hydrogen-bond acceptors (Lipinski definition) is 3. The van der Waals surface area contributed by atoms with Crippen LogP contribution in [-0.4, -0.2) is 31.3 Å². The van der Waals surface area contributed by atoms with Crippen molar-refractivity contribution < 1.29 is 18.3 Å². The Morgan fingerprint density at radius 3 is 2.41 bits per heavy atom. The van der Waals surface area contributed by atoms with Gasteiger partial charge in [0.15, 0.2) is 0 Å². The Kier molecular flexibility index (Phi) is 5.39. The summed E-state index contributed by atoms with van der Waals surface area (Å²) in [5.74, 6) is -0.361. The number of rotatable bonds is 6. The number of nitrogens with one attached hydrogen (secondary N) is 1. The van der Waals surface area contributed by atoms with E-state index in [0.717, 1.165) is 25.7 Å². The van der Waals surface area contributed by atoms with Crippen LogP contribution in [0.1, 0.15) is 45.4 Å². The minimum absolute atomic E-state index is 0.0426. The quantitative estimate of drug-likeness (QED) is 0.757. The van der Waals surface area contributed by atoms with Crippen molar-refractivity contribution in [2.24, 2.45) is 5.92 Å². The molecule has 0 radical (unpaired) electrons. The van der Waals surface area contributed by atoms with Crippen molar-refractivity contribution in [3.05, 3.63) is 0 Å². The first-order valence-corrected chi connectivity index (χ1v) is 7.76. The molecule has 6 heteroatoms. The van der Waals surface area contributed by atoms with Crippen LogP contribution in [-0.2, 0) is 14.8 Å². The van der Waals surface area contributed by atoms with Gasteiger partial charge in [0.25, 0.3) is 0 Å². The van der Waals surface area contributed by atoms with E-state index in [-0.39, 0.29) is 24.6 Å². The second-order valence-corrected chi connectivity index (χ2v) is 6.76. The van der Waals surface area contributed by atoms with Crippen LogP contribution in [0, 0.1) is 5.92 Å². The van der Waals surface area contributed by atoms with Crippen LogP contribution in [0.5, 0.6) is 0 Å². The fourth-order valence-corrected chi connectivity index (χ4v) is 3.49. The number of hydrogen-bond donors (Lipinski definition) is 2. The molecule has 0 aromatic heterocycles. The number of carboxylic acids is 1. The maximum absolute atomic E-state index is 11.7. The molecule has 0 amide bonds. The Hall–Kier alpha value is -0.620. The van der Waals surface area contributed by atoms with Gasteiger partial charge in [0.2, 0.25) is 10.0 Å². The summed E-state index contributed by atoms with van der Waals surface area (Å²) in [5, 5.41) is 8.45. The zero-order chi connectivity index (χ0) is 12.9. The van der Waals surface area contributed by atoms with E-state index in [4.69, 9.17) is 5.11 Å². The van der Waals surface area contributed by atoms with Gasteiger partial charge in [-0.05, 0) is 38.0 Å². The lowest BCUT2D eigenvalue weighted by atomic mass is 9.88. The van der Waals surface area contributed by atoms with Crippen LogP contribution < -0.4 is 4.72 Å². The Morgan fingerprint density at radius 2 is 1.88 bits per heavy atom. The third-order valence-electron chi connectivity index (χ3n) is 3.17. The number of sulfonamides is 1. The molecule has 2 N–H and O–H groups in total. The van der Waals surface area contributed by atoms with E-state index in [1.807, 2.05) is 0 Å². The molecule has 0 bridgehead atoms. The molecule has 0 unspecified atom stereocenters. The van der Waals surface area contributed by atoms with Crippen LogP contribution in [0.2, 0.25) is 0 Å².